The maximum atomic E-state index is 12.7. The molecule has 0 spiro atoms. The summed E-state index contributed by atoms with van der Waals surface area (Å²) >= 11 is 1.95. The lowest BCUT2D eigenvalue weighted by atomic mass is 9.82. The van der Waals surface area contributed by atoms with Gasteiger partial charge in [-0.1, -0.05) is 18.2 Å². The van der Waals surface area contributed by atoms with Crippen molar-refractivity contribution < 1.29 is 19.4 Å². The Morgan fingerprint density at radius 3 is 2.71 bits per heavy atom. The van der Waals surface area contributed by atoms with Crippen molar-refractivity contribution in [1.29, 1.82) is 0 Å². The topological polar surface area (TPSA) is 91.2 Å². The molecule has 0 bridgehead atoms. The Morgan fingerprint density at radius 1 is 1.15 bits per heavy atom. The van der Waals surface area contributed by atoms with E-state index in [2.05, 4.69) is 15.4 Å². The van der Waals surface area contributed by atoms with Crippen LogP contribution in [0.1, 0.15) is 39.9 Å². The van der Waals surface area contributed by atoms with Gasteiger partial charge in [-0.2, -0.15) is 16.9 Å². The van der Waals surface area contributed by atoms with Crippen LogP contribution in [0.5, 0.6) is 0 Å². The smallest absolute Gasteiger partial charge is 0.306 e. The second-order valence-corrected chi connectivity index (χ2v) is 9.85. The zero-order chi connectivity index (χ0) is 23.8. The van der Waals surface area contributed by atoms with Crippen molar-refractivity contribution in [1.82, 2.24) is 5.01 Å². The summed E-state index contributed by atoms with van der Waals surface area (Å²) in [5, 5.41) is 18.4. The van der Waals surface area contributed by atoms with Crippen molar-refractivity contribution in [2.45, 2.75) is 25.7 Å². The highest BCUT2D eigenvalue weighted by Crippen LogP contribution is 2.30. The van der Waals surface area contributed by atoms with Crippen LogP contribution in [-0.4, -0.2) is 66.0 Å². The Bertz CT molecular complexity index is 1020. The normalized spacial score (nSPS) is 17.9. The molecular formula is C26H31N3O4S. The first-order valence-electron chi connectivity index (χ1n) is 11.8. The highest BCUT2D eigenvalue weighted by molar-refractivity contribution is 7.99. The average molecular weight is 482 g/mol. The molecule has 1 aliphatic heterocycles. The van der Waals surface area contributed by atoms with Crippen molar-refractivity contribution in [3.8, 4) is 0 Å². The lowest BCUT2D eigenvalue weighted by Gasteiger charge is -2.24. The first-order chi connectivity index (χ1) is 16.6. The number of anilines is 1. The molecule has 2 N–H and O–H groups in total. The Morgan fingerprint density at radius 2 is 1.94 bits per heavy atom. The maximum Gasteiger partial charge on any atom is 0.306 e. The summed E-state index contributed by atoms with van der Waals surface area (Å²) < 4.78 is 4.99. The number of carbonyl (C=O) groups is 2. The number of thioether (sulfide) groups is 1. The number of benzene rings is 2. The average Bonchev–Trinajstić information content (AvgIpc) is 2.87. The van der Waals surface area contributed by atoms with Gasteiger partial charge in [0.2, 0.25) is 0 Å². The number of aliphatic hydroxyl groups is 1. The van der Waals surface area contributed by atoms with Gasteiger partial charge in [0.15, 0.2) is 0 Å². The molecule has 2 aromatic carbocycles. The van der Waals surface area contributed by atoms with Gasteiger partial charge in [0, 0.05) is 42.3 Å². The Labute approximate surface area is 204 Å². The Hall–Kier alpha value is -2.84. The summed E-state index contributed by atoms with van der Waals surface area (Å²) in [7, 11) is 0. The predicted molar refractivity (Wildman–Crippen MR) is 136 cm³/mol. The molecule has 2 aromatic rings. The van der Waals surface area contributed by atoms with E-state index in [-0.39, 0.29) is 31.0 Å². The molecule has 1 fully saturated rings. The van der Waals surface area contributed by atoms with Gasteiger partial charge in [-0.3, -0.25) is 14.6 Å². The van der Waals surface area contributed by atoms with E-state index in [4.69, 9.17) is 9.84 Å². The number of aliphatic hydroxyl groups excluding tert-OH is 1. The van der Waals surface area contributed by atoms with Crippen molar-refractivity contribution in [2.24, 2.45) is 11.0 Å². The SMILES string of the molecule is O=C(CC1CCc2cc(NC(=O)c3ccc(C=NN4CCSCC4)cc3)ccc2C1)OCCO. The van der Waals surface area contributed by atoms with Gasteiger partial charge in [0.1, 0.15) is 6.61 Å². The third kappa shape index (κ3) is 6.84. The number of hydrogen-bond donors (Lipinski definition) is 2. The number of rotatable bonds is 8. The van der Waals surface area contributed by atoms with E-state index < -0.39 is 0 Å². The molecule has 34 heavy (non-hydrogen) atoms. The highest BCUT2D eigenvalue weighted by Gasteiger charge is 2.22. The third-order valence-corrected chi connectivity index (χ3v) is 7.08. The van der Waals surface area contributed by atoms with Crippen LogP contribution in [0.15, 0.2) is 47.6 Å². The van der Waals surface area contributed by atoms with E-state index in [1.165, 1.54) is 11.1 Å². The molecule has 0 aromatic heterocycles. The molecular weight excluding hydrogens is 450 g/mol. The molecule has 7 nitrogen and oxygen atoms in total. The van der Waals surface area contributed by atoms with Crippen molar-refractivity contribution >= 4 is 35.5 Å². The van der Waals surface area contributed by atoms with E-state index in [1.54, 1.807) is 0 Å². The van der Waals surface area contributed by atoms with E-state index in [0.29, 0.717) is 12.0 Å². The fourth-order valence-corrected chi connectivity index (χ4v) is 5.16. The van der Waals surface area contributed by atoms with Crippen LogP contribution in [0.2, 0.25) is 0 Å². The second kappa shape index (κ2) is 12.0. The first kappa shape index (κ1) is 24.3. The van der Waals surface area contributed by atoms with Gasteiger partial charge >= 0.3 is 5.97 Å². The number of hydrogen-bond acceptors (Lipinski definition) is 7. The summed E-state index contributed by atoms with van der Waals surface area (Å²) in [6, 6.07) is 13.5. The molecule has 8 heteroatoms. The molecule has 0 radical (unpaired) electrons. The zero-order valence-corrected chi connectivity index (χ0v) is 20.1. The van der Waals surface area contributed by atoms with Gasteiger partial charge in [-0.05, 0) is 66.1 Å². The zero-order valence-electron chi connectivity index (χ0n) is 19.2. The maximum absolute atomic E-state index is 12.7. The molecule has 1 atom stereocenters. The predicted octanol–water partition coefficient (Wildman–Crippen LogP) is 3.35. The monoisotopic (exact) mass is 481 g/mol. The summed E-state index contributed by atoms with van der Waals surface area (Å²) in [6.45, 7) is 1.85. The van der Waals surface area contributed by atoms with Gasteiger partial charge in [-0.25, -0.2) is 0 Å². The van der Waals surface area contributed by atoms with Gasteiger partial charge in [0.25, 0.3) is 5.91 Å². The minimum Gasteiger partial charge on any atom is -0.463 e. The number of fused-ring (bicyclic) bond motifs is 1. The summed E-state index contributed by atoms with van der Waals surface area (Å²) in [6.07, 6.45) is 4.80. The molecule has 1 unspecified atom stereocenters. The quantitative estimate of drug-likeness (QED) is 0.444. The van der Waals surface area contributed by atoms with Crippen LogP contribution in [-0.2, 0) is 22.4 Å². The summed E-state index contributed by atoms with van der Waals surface area (Å²) in [5.41, 5.74) is 4.77. The summed E-state index contributed by atoms with van der Waals surface area (Å²) in [4.78, 5) is 24.6. The summed E-state index contributed by atoms with van der Waals surface area (Å²) in [5.74, 6) is 2.07. The lowest BCUT2D eigenvalue weighted by Crippen LogP contribution is -2.27. The number of hydrazone groups is 1. The number of nitrogens with one attached hydrogen (secondary N) is 1. The third-order valence-electron chi connectivity index (χ3n) is 6.13. The van der Waals surface area contributed by atoms with Crippen LogP contribution in [0.3, 0.4) is 0 Å². The second-order valence-electron chi connectivity index (χ2n) is 8.63. The van der Waals surface area contributed by atoms with Crippen LogP contribution < -0.4 is 5.32 Å². The van der Waals surface area contributed by atoms with E-state index in [9.17, 15) is 9.59 Å². The molecule has 0 saturated carbocycles. The fourth-order valence-electron chi connectivity index (χ4n) is 4.28. The number of amides is 1. The minimum atomic E-state index is -0.255. The number of carbonyl (C=O) groups excluding carboxylic acids is 2. The van der Waals surface area contributed by atoms with Crippen LogP contribution in [0, 0.1) is 5.92 Å². The van der Waals surface area contributed by atoms with E-state index in [0.717, 1.165) is 55.1 Å². The number of esters is 1. The first-order valence-corrected chi connectivity index (χ1v) is 12.9. The largest absolute Gasteiger partial charge is 0.463 e. The van der Waals surface area contributed by atoms with E-state index in [1.807, 2.05) is 60.4 Å². The molecule has 1 amide bonds. The van der Waals surface area contributed by atoms with Crippen LogP contribution in [0.25, 0.3) is 0 Å². The molecule has 4 rings (SSSR count). The van der Waals surface area contributed by atoms with Crippen molar-refractivity contribution in [3.63, 3.8) is 0 Å². The number of nitrogens with zero attached hydrogens (tertiary/aromatic N) is 2. The fraction of sp³-hybridized carbons (Fsp3) is 0.423. The lowest BCUT2D eigenvalue weighted by molar-refractivity contribution is -0.145. The van der Waals surface area contributed by atoms with Crippen LogP contribution >= 0.6 is 11.8 Å². The molecule has 1 aliphatic carbocycles. The minimum absolute atomic E-state index is 0.0550. The van der Waals surface area contributed by atoms with E-state index >= 15 is 0 Å². The molecule has 180 valence electrons. The standard InChI is InChI=1S/C26H31N3O4S/c30-11-12-33-25(31)16-20-3-6-23-17-24(8-7-22(23)15-20)28-26(32)21-4-1-19(2-5-21)18-27-29-9-13-34-14-10-29/h1-2,4-5,7-8,17-18,20,30H,3,6,9-16H2,(H,28,32). The molecule has 1 saturated heterocycles. The van der Waals surface area contributed by atoms with Crippen molar-refractivity contribution in [2.75, 3.05) is 43.1 Å². The number of ether oxygens (including phenoxy) is 1. The molecule has 2 aliphatic rings. The van der Waals surface area contributed by atoms with Gasteiger partial charge < -0.3 is 15.2 Å². The molecule has 1 heterocycles. The van der Waals surface area contributed by atoms with Crippen LogP contribution in [0.4, 0.5) is 5.69 Å². The Balaban J connectivity index is 1.30. The Kier molecular flexibility index (Phi) is 8.60. The highest BCUT2D eigenvalue weighted by atomic mass is 32.2. The number of aryl methyl sites for hydroxylation is 1. The van der Waals surface area contributed by atoms with Gasteiger partial charge in [-0.15, -0.1) is 0 Å². The van der Waals surface area contributed by atoms with Crippen molar-refractivity contribution in [3.05, 3.63) is 64.7 Å². The van der Waals surface area contributed by atoms with Gasteiger partial charge in [0.05, 0.1) is 12.8 Å².